The molecular weight excluding hydrogens is 362 g/mol. The minimum atomic E-state index is -0.612. The highest BCUT2D eigenvalue weighted by Gasteiger charge is 2.19. The van der Waals surface area contributed by atoms with Crippen molar-refractivity contribution in [2.24, 2.45) is 0 Å². The zero-order valence-electron chi connectivity index (χ0n) is 14.8. The van der Waals surface area contributed by atoms with Gasteiger partial charge < -0.3 is 0 Å². The molecule has 1 aromatic heterocycles. The predicted molar refractivity (Wildman–Crippen MR) is 103 cm³/mol. The highest BCUT2D eigenvalue weighted by molar-refractivity contribution is 7.15. The van der Waals surface area contributed by atoms with Crippen LogP contribution in [0, 0.1) is 0 Å². The molecule has 0 bridgehead atoms. The molecule has 1 N–H and O–H groups in total. The van der Waals surface area contributed by atoms with Gasteiger partial charge in [0.2, 0.25) is 16.7 Å². The maximum absolute atomic E-state index is 12.3. The average molecular weight is 379 g/mol. The molecule has 0 atom stereocenters. The van der Waals surface area contributed by atoms with E-state index in [0.717, 1.165) is 5.01 Å². The van der Waals surface area contributed by atoms with Gasteiger partial charge in [0.05, 0.1) is 0 Å². The lowest BCUT2D eigenvalue weighted by molar-refractivity contribution is 0.0817. The Labute approximate surface area is 160 Å². The summed E-state index contributed by atoms with van der Waals surface area (Å²) in [5.41, 5.74) is 0.931. The van der Waals surface area contributed by atoms with Gasteiger partial charge in [-0.25, -0.2) is 0 Å². The molecule has 0 aliphatic heterocycles. The SMILES string of the molecule is CC(C)c1nnc(NC(=O)c2ccc(C(=O)C(=O)c3ccccc3)cc2)s1. The highest BCUT2D eigenvalue weighted by Crippen LogP contribution is 2.22. The number of hydrogen-bond donors (Lipinski definition) is 1. The van der Waals surface area contributed by atoms with E-state index in [1.807, 2.05) is 13.8 Å². The first-order chi connectivity index (χ1) is 13.0. The van der Waals surface area contributed by atoms with Crippen LogP contribution < -0.4 is 5.32 Å². The van der Waals surface area contributed by atoms with Gasteiger partial charge in [0, 0.05) is 22.6 Å². The van der Waals surface area contributed by atoms with Gasteiger partial charge in [0.1, 0.15) is 5.01 Å². The van der Waals surface area contributed by atoms with Crippen LogP contribution >= 0.6 is 11.3 Å². The van der Waals surface area contributed by atoms with Crippen LogP contribution in [0.15, 0.2) is 54.6 Å². The van der Waals surface area contributed by atoms with Crippen LogP contribution in [0.4, 0.5) is 5.13 Å². The van der Waals surface area contributed by atoms with Crippen molar-refractivity contribution in [3.8, 4) is 0 Å². The third-order valence-electron chi connectivity index (χ3n) is 3.81. The molecule has 2 aromatic carbocycles. The van der Waals surface area contributed by atoms with Crippen molar-refractivity contribution in [2.75, 3.05) is 5.32 Å². The second-order valence-electron chi connectivity index (χ2n) is 6.16. The first kappa shape index (κ1) is 18.6. The summed E-state index contributed by atoms with van der Waals surface area (Å²) in [5.74, 6) is -1.31. The molecule has 27 heavy (non-hydrogen) atoms. The number of amides is 1. The van der Waals surface area contributed by atoms with Gasteiger partial charge in [-0.1, -0.05) is 67.6 Å². The van der Waals surface area contributed by atoms with Crippen LogP contribution in [-0.2, 0) is 0 Å². The Kier molecular flexibility index (Phi) is 5.52. The number of carbonyl (C=O) groups excluding carboxylic acids is 3. The Balaban J connectivity index is 1.69. The van der Waals surface area contributed by atoms with E-state index in [4.69, 9.17) is 0 Å². The Morgan fingerprint density at radius 1 is 0.815 bits per heavy atom. The Morgan fingerprint density at radius 2 is 1.37 bits per heavy atom. The number of carbonyl (C=O) groups is 3. The lowest BCUT2D eigenvalue weighted by Gasteiger charge is -2.04. The number of anilines is 1. The fraction of sp³-hybridized carbons (Fsp3) is 0.150. The zero-order valence-corrected chi connectivity index (χ0v) is 15.6. The molecule has 7 heteroatoms. The number of rotatable bonds is 6. The van der Waals surface area contributed by atoms with Crippen molar-refractivity contribution in [3.63, 3.8) is 0 Å². The molecule has 6 nitrogen and oxygen atoms in total. The number of Topliss-reactive ketones (excluding diaryl/α,β-unsaturated/α-hetero) is 2. The molecule has 0 spiro atoms. The number of nitrogens with zero attached hydrogens (tertiary/aromatic N) is 2. The van der Waals surface area contributed by atoms with Crippen LogP contribution in [-0.4, -0.2) is 27.7 Å². The standard InChI is InChI=1S/C20H17N3O3S/c1-12(2)19-22-23-20(27-19)21-18(26)15-10-8-14(9-11-15)17(25)16(24)13-6-4-3-5-7-13/h3-12H,1-2H3,(H,21,23,26). The molecule has 0 fully saturated rings. The Bertz CT molecular complexity index is 979. The first-order valence-corrected chi connectivity index (χ1v) is 9.16. The molecule has 3 rings (SSSR count). The monoisotopic (exact) mass is 379 g/mol. The summed E-state index contributed by atoms with van der Waals surface area (Å²) in [6, 6.07) is 14.3. The molecule has 0 radical (unpaired) electrons. The zero-order chi connectivity index (χ0) is 19.4. The van der Waals surface area contributed by atoms with Crippen LogP contribution in [0.2, 0.25) is 0 Å². The fourth-order valence-corrected chi connectivity index (χ4v) is 3.05. The Morgan fingerprint density at radius 3 is 1.93 bits per heavy atom. The van der Waals surface area contributed by atoms with Gasteiger partial charge in [-0.05, 0) is 12.1 Å². The molecule has 3 aromatic rings. The number of ketones is 2. The fourth-order valence-electron chi connectivity index (χ4n) is 2.31. The van der Waals surface area contributed by atoms with E-state index in [0.29, 0.717) is 16.3 Å². The second kappa shape index (κ2) is 8.01. The molecular formula is C20H17N3O3S. The maximum atomic E-state index is 12.3. The molecule has 0 aliphatic rings. The molecule has 136 valence electrons. The molecule has 0 aliphatic carbocycles. The van der Waals surface area contributed by atoms with Gasteiger partial charge in [-0.2, -0.15) is 0 Å². The van der Waals surface area contributed by atoms with Gasteiger partial charge in [-0.3, -0.25) is 19.7 Å². The molecule has 0 saturated carbocycles. The second-order valence-corrected chi connectivity index (χ2v) is 7.16. The number of nitrogens with one attached hydrogen (secondary N) is 1. The van der Waals surface area contributed by atoms with Crippen LogP contribution in [0.3, 0.4) is 0 Å². The third-order valence-corrected chi connectivity index (χ3v) is 4.95. The summed E-state index contributed by atoms with van der Waals surface area (Å²) < 4.78 is 0. The van der Waals surface area contributed by atoms with Crippen LogP contribution in [0.1, 0.15) is 55.8 Å². The predicted octanol–water partition coefficient (Wildman–Crippen LogP) is 3.98. The minimum absolute atomic E-state index is 0.235. The highest BCUT2D eigenvalue weighted by atomic mass is 32.1. The lowest BCUT2D eigenvalue weighted by Crippen LogP contribution is -2.15. The first-order valence-electron chi connectivity index (χ1n) is 8.34. The summed E-state index contributed by atoms with van der Waals surface area (Å²) in [5, 5.41) is 11.9. The van der Waals surface area contributed by atoms with E-state index in [2.05, 4.69) is 15.5 Å². The lowest BCUT2D eigenvalue weighted by atomic mass is 10.0. The summed E-state index contributed by atoms with van der Waals surface area (Å²) in [6.45, 7) is 4.00. The Hall–Kier alpha value is -3.19. The van der Waals surface area contributed by atoms with Crippen molar-refractivity contribution in [2.45, 2.75) is 19.8 Å². The van der Waals surface area contributed by atoms with E-state index in [9.17, 15) is 14.4 Å². The van der Waals surface area contributed by atoms with Gasteiger partial charge >= 0.3 is 0 Å². The molecule has 1 amide bonds. The van der Waals surface area contributed by atoms with Crippen LogP contribution in [0.5, 0.6) is 0 Å². The summed E-state index contributed by atoms with van der Waals surface area (Å²) in [4.78, 5) is 36.8. The number of aromatic nitrogens is 2. The maximum Gasteiger partial charge on any atom is 0.257 e. The van der Waals surface area contributed by atoms with Crippen molar-refractivity contribution in [1.29, 1.82) is 0 Å². The largest absolute Gasteiger partial charge is 0.296 e. The van der Waals surface area contributed by atoms with Crippen molar-refractivity contribution in [1.82, 2.24) is 10.2 Å². The average Bonchev–Trinajstić information content (AvgIpc) is 3.16. The topological polar surface area (TPSA) is 89.0 Å². The summed E-state index contributed by atoms with van der Waals surface area (Å²) >= 11 is 1.32. The van der Waals surface area contributed by atoms with E-state index >= 15 is 0 Å². The third kappa shape index (κ3) is 4.32. The van der Waals surface area contributed by atoms with E-state index in [1.54, 1.807) is 30.3 Å². The van der Waals surface area contributed by atoms with Gasteiger partial charge in [0.15, 0.2) is 0 Å². The minimum Gasteiger partial charge on any atom is -0.296 e. The number of benzene rings is 2. The molecule has 1 heterocycles. The molecule has 0 unspecified atom stereocenters. The van der Waals surface area contributed by atoms with Gasteiger partial charge in [0.25, 0.3) is 5.91 Å². The normalized spacial score (nSPS) is 10.6. The van der Waals surface area contributed by atoms with Crippen molar-refractivity contribution >= 4 is 33.9 Å². The van der Waals surface area contributed by atoms with E-state index in [-0.39, 0.29) is 17.4 Å². The quantitative estimate of drug-likeness (QED) is 0.517. The smallest absolute Gasteiger partial charge is 0.257 e. The molecule has 0 saturated heterocycles. The van der Waals surface area contributed by atoms with E-state index < -0.39 is 11.6 Å². The summed E-state index contributed by atoms with van der Waals surface area (Å²) in [7, 11) is 0. The summed E-state index contributed by atoms with van der Waals surface area (Å²) in [6.07, 6.45) is 0. The number of hydrogen-bond acceptors (Lipinski definition) is 6. The van der Waals surface area contributed by atoms with Crippen molar-refractivity contribution < 1.29 is 14.4 Å². The van der Waals surface area contributed by atoms with Crippen molar-refractivity contribution in [3.05, 3.63) is 76.3 Å². The van der Waals surface area contributed by atoms with E-state index in [1.165, 1.54) is 35.6 Å². The van der Waals surface area contributed by atoms with Gasteiger partial charge in [-0.15, -0.1) is 10.2 Å². The van der Waals surface area contributed by atoms with Crippen LogP contribution in [0.25, 0.3) is 0 Å².